The fraction of sp³-hybridized carbons (Fsp3) is 0.233. The van der Waals surface area contributed by atoms with E-state index in [2.05, 4.69) is 29.2 Å². The summed E-state index contributed by atoms with van der Waals surface area (Å²) in [7, 11) is 3.30. The summed E-state index contributed by atoms with van der Waals surface area (Å²) in [5.41, 5.74) is 2.62. The van der Waals surface area contributed by atoms with Crippen molar-refractivity contribution in [3.8, 4) is 17.2 Å². The first-order valence-corrected chi connectivity index (χ1v) is 12.1. The number of hydrogen-bond donors (Lipinski definition) is 0. The number of carbonyl (C=O) groups is 1. The Kier molecular flexibility index (Phi) is 6.94. The van der Waals surface area contributed by atoms with Crippen molar-refractivity contribution in [2.75, 3.05) is 45.3 Å². The first kappa shape index (κ1) is 23.5. The monoisotopic (exact) mass is 482 g/mol. The number of fused-ring (bicyclic) bond motifs is 1. The third kappa shape index (κ3) is 5.08. The van der Waals surface area contributed by atoms with Gasteiger partial charge in [0.05, 0.1) is 14.2 Å². The Morgan fingerprint density at radius 3 is 2.19 bits per heavy atom. The number of amides is 1. The second-order valence-electron chi connectivity index (χ2n) is 8.80. The van der Waals surface area contributed by atoms with Crippen LogP contribution in [0.1, 0.15) is 15.9 Å². The molecule has 5 rings (SSSR count). The highest BCUT2D eigenvalue weighted by Gasteiger charge is 2.23. The Morgan fingerprint density at radius 1 is 0.750 bits per heavy atom. The lowest BCUT2D eigenvalue weighted by atomic mass is 10.1. The second-order valence-corrected chi connectivity index (χ2v) is 8.80. The van der Waals surface area contributed by atoms with Crippen molar-refractivity contribution in [1.29, 1.82) is 0 Å². The first-order valence-electron chi connectivity index (χ1n) is 12.1. The molecular formula is C30H30N2O4. The van der Waals surface area contributed by atoms with E-state index in [9.17, 15) is 4.79 Å². The Labute approximate surface area is 211 Å². The van der Waals surface area contributed by atoms with Crippen LogP contribution in [0.3, 0.4) is 0 Å². The molecular weight excluding hydrogens is 452 g/mol. The predicted molar refractivity (Wildman–Crippen MR) is 142 cm³/mol. The van der Waals surface area contributed by atoms with Gasteiger partial charge < -0.3 is 24.0 Å². The van der Waals surface area contributed by atoms with Crippen molar-refractivity contribution in [2.45, 2.75) is 6.61 Å². The van der Waals surface area contributed by atoms with Crippen LogP contribution in [0.15, 0.2) is 84.9 Å². The Hall–Kier alpha value is -4.19. The summed E-state index contributed by atoms with van der Waals surface area (Å²) in [6.07, 6.45) is 0. The molecule has 0 atom stereocenters. The Bertz CT molecular complexity index is 1340. The zero-order chi connectivity index (χ0) is 24.9. The van der Waals surface area contributed by atoms with Gasteiger partial charge in [-0.05, 0) is 65.4 Å². The quantitative estimate of drug-likeness (QED) is 0.353. The largest absolute Gasteiger partial charge is 0.497 e. The molecule has 0 N–H and O–H groups in total. The number of anilines is 1. The molecule has 0 radical (unpaired) electrons. The smallest absolute Gasteiger partial charge is 0.253 e. The van der Waals surface area contributed by atoms with E-state index in [1.807, 2.05) is 65.6 Å². The maximum absolute atomic E-state index is 13.3. The summed E-state index contributed by atoms with van der Waals surface area (Å²) >= 11 is 0. The third-order valence-corrected chi connectivity index (χ3v) is 6.65. The fourth-order valence-electron chi connectivity index (χ4n) is 4.59. The molecule has 36 heavy (non-hydrogen) atoms. The lowest BCUT2D eigenvalue weighted by Gasteiger charge is -2.36. The van der Waals surface area contributed by atoms with E-state index < -0.39 is 0 Å². The van der Waals surface area contributed by atoms with Crippen molar-refractivity contribution in [1.82, 2.24) is 4.90 Å². The minimum absolute atomic E-state index is 0.0268. The highest BCUT2D eigenvalue weighted by molar-refractivity contribution is 5.94. The van der Waals surface area contributed by atoms with Crippen molar-refractivity contribution in [3.63, 3.8) is 0 Å². The third-order valence-electron chi connectivity index (χ3n) is 6.65. The molecule has 0 bridgehead atoms. The van der Waals surface area contributed by atoms with E-state index in [1.54, 1.807) is 14.2 Å². The normalized spacial score (nSPS) is 13.5. The lowest BCUT2D eigenvalue weighted by molar-refractivity contribution is 0.0746. The minimum atomic E-state index is 0.0268. The molecule has 1 heterocycles. The summed E-state index contributed by atoms with van der Waals surface area (Å²) in [5, 5.41) is 2.29. The van der Waals surface area contributed by atoms with Crippen LogP contribution in [0.2, 0.25) is 0 Å². The van der Waals surface area contributed by atoms with Crippen LogP contribution >= 0.6 is 0 Å². The van der Waals surface area contributed by atoms with Gasteiger partial charge in [0, 0.05) is 43.0 Å². The Balaban J connectivity index is 1.25. The van der Waals surface area contributed by atoms with Crippen LogP contribution < -0.4 is 19.1 Å². The molecule has 4 aromatic rings. The van der Waals surface area contributed by atoms with E-state index >= 15 is 0 Å². The van der Waals surface area contributed by atoms with E-state index in [-0.39, 0.29) is 5.91 Å². The average molecular weight is 483 g/mol. The van der Waals surface area contributed by atoms with Crippen LogP contribution in [0.25, 0.3) is 10.8 Å². The maximum atomic E-state index is 13.3. The lowest BCUT2D eigenvalue weighted by Crippen LogP contribution is -2.48. The van der Waals surface area contributed by atoms with E-state index in [0.717, 1.165) is 41.2 Å². The summed E-state index contributed by atoms with van der Waals surface area (Å²) in [4.78, 5) is 17.5. The summed E-state index contributed by atoms with van der Waals surface area (Å²) in [6.45, 7) is 3.21. The molecule has 1 aliphatic heterocycles. The fourth-order valence-corrected chi connectivity index (χ4v) is 4.59. The zero-order valence-electron chi connectivity index (χ0n) is 20.6. The predicted octanol–water partition coefficient (Wildman–Crippen LogP) is 5.40. The molecule has 1 saturated heterocycles. The topological polar surface area (TPSA) is 51.2 Å². The van der Waals surface area contributed by atoms with Crippen molar-refractivity contribution in [3.05, 3.63) is 96.1 Å². The van der Waals surface area contributed by atoms with Crippen LogP contribution in [-0.4, -0.2) is 51.2 Å². The molecule has 0 aliphatic carbocycles. The number of nitrogens with zero attached hydrogens (tertiary/aromatic N) is 2. The number of ether oxygens (including phenoxy) is 3. The molecule has 0 spiro atoms. The number of hydrogen-bond acceptors (Lipinski definition) is 5. The van der Waals surface area contributed by atoms with Gasteiger partial charge in [-0.25, -0.2) is 0 Å². The highest BCUT2D eigenvalue weighted by atomic mass is 16.5. The molecule has 6 heteroatoms. The van der Waals surface area contributed by atoms with Gasteiger partial charge in [0.1, 0.15) is 23.9 Å². The van der Waals surface area contributed by atoms with Gasteiger partial charge in [-0.3, -0.25) is 4.79 Å². The number of carbonyl (C=O) groups excluding carboxylic acids is 1. The molecule has 4 aromatic carbocycles. The van der Waals surface area contributed by atoms with Gasteiger partial charge in [0.15, 0.2) is 0 Å². The van der Waals surface area contributed by atoms with E-state index in [1.165, 1.54) is 5.39 Å². The van der Waals surface area contributed by atoms with Crippen molar-refractivity contribution < 1.29 is 19.0 Å². The summed E-state index contributed by atoms with van der Waals surface area (Å²) in [6, 6.07) is 27.8. The van der Waals surface area contributed by atoms with Crippen molar-refractivity contribution in [2.24, 2.45) is 0 Å². The van der Waals surface area contributed by atoms with Gasteiger partial charge in [-0.2, -0.15) is 0 Å². The standard InChI is InChI=1S/C30H30N2O4/c1-34-27-12-9-26(10-13-27)31-15-17-32(18-16-31)30(33)24-8-14-29(35-2)25(19-24)21-36-28-11-7-22-5-3-4-6-23(22)20-28/h3-14,19-20H,15-18,21H2,1-2H3. The molecule has 1 fully saturated rings. The van der Waals surface area contributed by atoms with E-state index in [0.29, 0.717) is 31.0 Å². The maximum Gasteiger partial charge on any atom is 0.253 e. The summed E-state index contributed by atoms with van der Waals surface area (Å²) in [5.74, 6) is 2.35. The van der Waals surface area contributed by atoms with Gasteiger partial charge >= 0.3 is 0 Å². The van der Waals surface area contributed by atoms with E-state index in [4.69, 9.17) is 14.2 Å². The Morgan fingerprint density at radius 2 is 1.47 bits per heavy atom. The molecule has 6 nitrogen and oxygen atoms in total. The van der Waals surface area contributed by atoms with Gasteiger partial charge in [-0.1, -0.05) is 30.3 Å². The number of benzene rings is 4. The molecule has 1 amide bonds. The van der Waals surface area contributed by atoms with Crippen LogP contribution in [0.4, 0.5) is 5.69 Å². The number of methoxy groups -OCH3 is 2. The van der Waals surface area contributed by atoms with Crippen molar-refractivity contribution >= 4 is 22.4 Å². The van der Waals surface area contributed by atoms with Crippen LogP contribution in [-0.2, 0) is 6.61 Å². The molecule has 1 aliphatic rings. The highest BCUT2D eigenvalue weighted by Crippen LogP contribution is 2.26. The average Bonchev–Trinajstić information content (AvgIpc) is 2.95. The minimum Gasteiger partial charge on any atom is -0.497 e. The second kappa shape index (κ2) is 10.6. The number of piperazine rings is 1. The van der Waals surface area contributed by atoms with Gasteiger partial charge in [0.2, 0.25) is 0 Å². The van der Waals surface area contributed by atoms with Crippen LogP contribution in [0.5, 0.6) is 17.2 Å². The van der Waals surface area contributed by atoms with Gasteiger partial charge in [-0.15, -0.1) is 0 Å². The number of rotatable bonds is 7. The summed E-state index contributed by atoms with van der Waals surface area (Å²) < 4.78 is 16.9. The molecule has 0 saturated carbocycles. The molecule has 184 valence electrons. The zero-order valence-corrected chi connectivity index (χ0v) is 20.6. The molecule has 0 unspecified atom stereocenters. The molecule has 0 aromatic heterocycles. The van der Waals surface area contributed by atoms with Gasteiger partial charge in [0.25, 0.3) is 5.91 Å². The SMILES string of the molecule is COc1ccc(N2CCN(C(=O)c3ccc(OC)c(COc4ccc5ccccc5c4)c3)CC2)cc1. The van der Waals surface area contributed by atoms with Crippen LogP contribution in [0, 0.1) is 0 Å². The first-order chi connectivity index (χ1) is 17.6.